The summed E-state index contributed by atoms with van der Waals surface area (Å²) in [5.74, 6) is -1.26. The van der Waals surface area contributed by atoms with Gasteiger partial charge in [-0.05, 0) is 75.3 Å². The molecule has 272 valence electrons. The van der Waals surface area contributed by atoms with Gasteiger partial charge in [0.1, 0.15) is 30.0 Å². The van der Waals surface area contributed by atoms with Crippen molar-refractivity contribution in [3.63, 3.8) is 0 Å². The van der Waals surface area contributed by atoms with Crippen LogP contribution in [-0.4, -0.2) is 80.1 Å². The number of fused-ring (bicyclic) bond motifs is 1. The van der Waals surface area contributed by atoms with Gasteiger partial charge < -0.3 is 40.8 Å². The summed E-state index contributed by atoms with van der Waals surface area (Å²) in [6.07, 6.45) is 2.99. The van der Waals surface area contributed by atoms with Gasteiger partial charge in [0.05, 0.1) is 31.7 Å². The molecule has 1 fully saturated rings. The Morgan fingerprint density at radius 2 is 1.76 bits per heavy atom. The number of carbonyl (C=O) groups is 5. The molecule has 1 spiro atoms. The van der Waals surface area contributed by atoms with Crippen LogP contribution < -0.4 is 40.8 Å². The zero-order chi connectivity index (χ0) is 36.3. The van der Waals surface area contributed by atoms with Crippen molar-refractivity contribution in [3.8, 4) is 17.2 Å². The number of hydrogen-bond acceptors (Lipinski definition) is 8. The lowest BCUT2D eigenvalue weighted by Crippen LogP contribution is -2.62. The Labute approximate surface area is 293 Å². The second-order valence-electron chi connectivity index (χ2n) is 13.3. The van der Waals surface area contributed by atoms with Crippen molar-refractivity contribution in [3.05, 3.63) is 53.6 Å². The van der Waals surface area contributed by atoms with Crippen molar-refractivity contribution in [2.75, 3.05) is 26.9 Å². The molecular weight excluding hydrogens is 642 g/mol. The van der Waals surface area contributed by atoms with E-state index < -0.39 is 53.7 Å². The van der Waals surface area contributed by atoms with Gasteiger partial charge in [0.2, 0.25) is 23.6 Å². The van der Waals surface area contributed by atoms with Crippen molar-refractivity contribution in [2.45, 2.75) is 96.3 Å². The van der Waals surface area contributed by atoms with E-state index in [1.807, 2.05) is 39.0 Å². The molecule has 2 aliphatic rings. The molecule has 2 aromatic carbocycles. The molecular formula is C37H51N5O8. The minimum atomic E-state index is -1.25. The van der Waals surface area contributed by atoms with E-state index in [-0.39, 0.29) is 36.3 Å². The maximum atomic E-state index is 13.8. The maximum Gasteiger partial charge on any atom is 0.255 e. The highest BCUT2D eigenvalue weighted by Gasteiger charge is 2.44. The van der Waals surface area contributed by atoms with Crippen LogP contribution in [0.5, 0.6) is 17.2 Å². The molecule has 1 heterocycles. The number of nitrogens with one attached hydrogen (secondary N) is 5. The molecule has 0 radical (unpaired) electrons. The molecule has 4 rings (SSSR count). The Morgan fingerprint density at radius 1 is 1.02 bits per heavy atom. The van der Waals surface area contributed by atoms with Crippen molar-refractivity contribution in [1.82, 2.24) is 26.6 Å². The minimum absolute atomic E-state index is 0.0446. The average molecular weight is 694 g/mol. The third-order valence-electron chi connectivity index (χ3n) is 9.00. The second kappa shape index (κ2) is 17.7. The van der Waals surface area contributed by atoms with Crippen LogP contribution in [0.3, 0.4) is 0 Å². The van der Waals surface area contributed by atoms with Gasteiger partial charge in [-0.3, -0.25) is 24.0 Å². The summed E-state index contributed by atoms with van der Waals surface area (Å²) < 4.78 is 17.0. The molecule has 5 amide bonds. The Balaban J connectivity index is 1.55. The van der Waals surface area contributed by atoms with E-state index in [1.165, 1.54) is 0 Å². The van der Waals surface area contributed by atoms with Gasteiger partial charge in [-0.25, -0.2) is 0 Å². The first-order chi connectivity index (χ1) is 24.0. The number of benzene rings is 2. The highest BCUT2D eigenvalue weighted by atomic mass is 16.5. The number of rotatable bonds is 9. The molecule has 0 unspecified atom stereocenters. The summed E-state index contributed by atoms with van der Waals surface area (Å²) in [4.78, 5) is 67.9. The third kappa shape index (κ3) is 9.88. The molecule has 50 heavy (non-hydrogen) atoms. The topological polar surface area (TPSA) is 173 Å². The normalized spacial score (nSPS) is 21.5. The SMILES string of the molecule is CCOc1ccc(CCCNC(=O)[C@@H]2CC(=O)NC3(CCCC3)C(=O)N[C@H](C(C)C)C(=O)N[C@@H](C)COc3ccccc3C(=O)N2)cc1OC. The standard InChI is InChI=1S/C37H51N5O8/c1-6-49-29-16-15-25(20-30(29)48-5)12-11-19-38-34(45)27-21-31(43)42-37(17-9-10-18-37)36(47)41-32(23(2)3)35(46)39-24(4)22-50-28-14-8-7-13-26(28)33(44)40-27/h7-8,13-16,20,23-24,27,32H,6,9-12,17-19,21-22H2,1-5H3,(H,38,45)(H,39,46)(H,40,44)(H,41,47)(H,42,43)/t24-,27-,32+/m0/s1. The van der Waals surface area contributed by atoms with Gasteiger partial charge in [0.25, 0.3) is 5.91 Å². The molecule has 1 aliphatic carbocycles. The quantitative estimate of drug-likeness (QED) is 0.250. The summed E-state index contributed by atoms with van der Waals surface area (Å²) in [6, 6.07) is 9.68. The number of aryl methyl sites for hydroxylation is 1. The summed E-state index contributed by atoms with van der Waals surface area (Å²) in [5.41, 5.74) is -0.0820. The van der Waals surface area contributed by atoms with Crippen molar-refractivity contribution in [1.29, 1.82) is 0 Å². The Morgan fingerprint density at radius 3 is 2.46 bits per heavy atom. The minimum Gasteiger partial charge on any atom is -0.493 e. The first-order valence-electron chi connectivity index (χ1n) is 17.5. The van der Waals surface area contributed by atoms with Crippen molar-refractivity contribution >= 4 is 29.5 Å². The van der Waals surface area contributed by atoms with Crippen LogP contribution in [0.2, 0.25) is 0 Å². The predicted molar refractivity (Wildman–Crippen MR) is 187 cm³/mol. The lowest BCUT2D eigenvalue weighted by molar-refractivity contribution is -0.137. The van der Waals surface area contributed by atoms with Crippen LogP contribution in [0.1, 0.15) is 82.1 Å². The van der Waals surface area contributed by atoms with Crippen LogP contribution in [0, 0.1) is 5.92 Å². The van der Waals surface area contributed by atoms with E-state index in [1.54, 1.807) is 38.3 Å². The van der Waals surface area contributed by atoms with E-state index in [0.717, 1.165) is 5.56 Å². The average Bonchev–Trinajstić information content (AvgIpc) is 3.57. The summed E-state index contributed by atoms with van der Waals surface area (Å²) in [7, 11) is 1.58. The van der Waals surface area contributed by atoms with Gasteiger partial charge >= 0.3 is 0 Å². The lowest BCUT2D eigenvalue weighted by Gasteiger charge is -2.33. The molecule has 0 saturated heterocycles. The molecule has 13 nitrogen and oxygen atoms in total. The molecule has 5 N–H and O–H groups in total. The van der Waals surface area contributed by atoms with Crippen LogP contribution in [0.15, 0.2) is 42.5 Å². The number of hydrogen-bond donors (Lipinski definition) is 5. The molecule has 2 aromatic rings. The number of para-hydroxylation sites is 1. The van der Waals surface area contributed by atoms with Gasteiger partial charge in [-0.1, -0.05) is 44.9 Å². The maximum absolute atomic E-state index is 13.8. The first-order valence-corrected chi connectivity index (χ1v) is 17.5. The number of ether oxygens (including phenoxy) is 3. The number of amides is 5. The van der Waals surface area contributed by atoms with Gasteiger partial charge in [0, 0.05) is 6.54 Å². The Bertz CT molecular complexity index is 1520. The fourth-order valence-corrected chi connectivity index (χ4v) is 6.29. The third-order valence-corrected chi connectivity index (χ3v) is 9.00. The predicted octanol–water partition coefficient (Wildman–Crippen LogP) is 2.80. The monoisotopic (exact) mass is 693 g/mol. The van der Waals surface area contributed by atoms with Gasteiger partial charge in [0.15, 0.2) is 11.5 Å². The van der Waals surface area contributed by atoms with E-state index >= 15 is 0 Å². The molecule has 0 bridgehead atoms. The molecule has 1 aliphatic heterocycles. The van der Waals surface area contributed by atoms with Crippen LogP contribution >= 0.6 is 0 Å². The zero-order valence-electron chi connectivity index (χ0n) is 29.7. The lowest BCUT2D eigenvalue weighted by atomic mass is 9.93. The number of carbonyl (C=O) groups excluding carboxylic acids is 5. The molecule has 0 aromatic heterocycles. The highest BCUT2D eigenvalue weighted by Crippen LogP contribution is 2.31. The van der Waals surface area contributed by atoms with E-state index in [2.05, 4.69) is 26.6 Å². The van der Waals surface area contributed by atoms with Gasteiger partial charge in [-0.2, -0.15) is 0 Å². The molecule has 1 saturated carbocycles. The Hall–Kier alpha value is -4.81. The summed E-state index contributed by atoms with van der Waals surface area (Å²) in [6.45, 7) is 8.17. The number of methoxy groups -OCH3 is 1. The zero-order valence-corrected chi connectivity index (χ0v) is 29.7. The van der Waals surface area contributed by atoms with Gasteiger partial charge in [-0.15, -0.1) is 0 Å². The van der Waals surface area contributed by atoms with Crippen molar-refractivity contribution in [2.24, 2.45) is 5.92 Å². The van der Waals surface area contributed by atoms with Crippen LogP contribution in [0.4, 0.5) is 0 Å². The van der Waals surface area contributed by atoms with E-state index in [0.29, 0.717) is 56.6 Å². The fourth-order valence-electron chi connectivity index (χ4n) is 6.29. The van der Waals surface area contributed by atoms with E-state index in [4.69, 9.17) is 14.2 Å². The second-order valence-corrected chi connectivity index (χ2v) is 13.3. The summed E-state index contributed by atoms with van der Waals surface area (Å²) >= 11 is 0. The Kier molecular flexibility index (Phi) is 13.5. The largest absolute Gasteiger partial charge is 0.493 e. The van der Waals surface area contributed by atoms with E-state index in [9.17, 15) is 24.0 Å². The van der Waals surface area contributed by atoms with Crippen molar-refractivity contribution < 1.29 is 38.2 Å². The molecule has 3 atom stereocenters. The summed E-state index contributed by atoms with van der Waals surface area (Å²) in [5, 5.41) is 14.3. The highest BCUT2D eigenvalue weighted by molar-refractivity contribution is 6.01. The smallest absolute Gasteiger partial charge is 0.255 e. The van der Waals surface area contributed by atoms with Crippen LogP contribution in [0.25, 0.3) is 0 Å². The van der Waals surface area contributed by atoms with Crippen LogP contribution in [-0.2, 0) is 25.6 Å². The molecule has 13 heteroatoms. The first kappa shape index (κ1) is 38.0. The fraction of sp³-hybridized carbons (Fsp3) is 0.541.